The van der Waals surface area contributed by atoms with Gasteiger partial charge in [-0.1, -0.05) is 0 Å². The summed E-state index contributed by atoms with van der Waals surface area (Å²) in [6.07, 6.45) is -62.6. The van der Waals surface area contributed by atoms with Gasteiger partial charge in [-0.15, -0.1) is 0 Å². The smallest absolute Gasteiger partial charge is 0.397 e. The van der Waals surface area contributed by atoms with Crippen molar-refractivity contribution in [2.45, 2.75) is 167 Å². The molecular formula is C34H51N2O41S4-. The summed E-state index contributed by atoms with van der Waals surface area (Å²) in [5, 5.41) is 121. The van der Waals surface area contributed by atoms with E-state index in [4.69, 9.17) is 37.9 Å². The molecule has 0 aliphatic carbocycles. The maximum atomic E-state index is 13.2. The van der Waals surface area contributed by atoms with Crippen molar-refractivity contribution in [3.63, 3.8) is 0 Å². The van der Waals surface area contributed by atoms with Gasteiger partial charge in [0.2, 0.25) is 11.8 Å². The van der Waals surface area contributed by atoms with Crippen molar-refractivity contribution in [1.29, 1.82) is 0 Å². The zero-order valence-corrected chi connectivity index (χ0v) is 43.5. The van der Waals surface area contributed by atoms with Crippen LogP contribution in [0.4, 0.5) is 0 Å². The van der Waals surface area contributed by atoms with Crippen LogP contribution in [0.3, 0.4) is 0 Å². The lowest BCUT2D eigenvalue weighted by molar-refractivity contribution is -0.531. The number of hydrogen-bond donors (Lipinski definition) is 16. The molecule has 5 fully saturated rings. The number of aliphatic hydroxyl groups is 7. The molecule has 0 aromatic rings. The minimum Gasteiger partial charge on any atom is -0.829 e. The second-order valence-electron chi connectivity index (χ2n) is 17.5. The van der Waals surface area contributed by atoms with Gasteiger partial charge in [0, 0.05) is 20.1 Å². The average molecular weight is 1270 g/mol. The van der Waals surface area contributed by atoms with Crippen LogP contribution in [0.1, 0.15) is 13.8 Å². The molecule has 47 heteroatoms. The molecule has 0 saturated carbocycles. The number of hydrogen-bond acceptors (Lipinski definition) is 34. The van der Waals surface area contributed by atoms with Crippen LogP contribution in [-0.4, -0.2) is 299 Å². The van der Waals surface area contributed by atoms with Crippen LogP contribution in [-0.2, 0) is 125 Å². The lowest BCUT2D eigenvalue weighted by Crippen LogP contribution is -2.72. The molecule has 5 heterocycles. The van der Waals surface area contributed by atoms with E-state index in [0.717, 1.165) is 0 Å². The first kappa shape index (κ1) is 67.9. The number of aliphatic hydroxyl groups excluding tert-OH is 7. The van der Waals surface area contributed by atoms with Gasteiger partial charge in [-0.25, -0.2) is 31.1 Å². The van der Waals surface area contributed by atoms with E-state index in [9.17, 15) is 132 Å². The first-order valence-corrected chi connectivity index (χ1v) is 27.7. The van der Waals surface area contributed by atoms with E-state index in [1.807, 2.05) is 10.6 Å². The van der Waals surface area contributed by atoms with Gasteiger partial charge in [-0.05, 0) is 0 Å². The molecule has 0 bridgehead atoms. The number of carboxylic acids is 3. The predicted molar refractivity (Wildman–Crippen MR) is 231 cm³/mol. The summed E-state index contributed by atoms with van der Waals surface area (Å²) in [7, 11) is -23.6. The van der Waals surface area contributed by atoms with Gasteiger partial charge in [-0.3, -0.25) is 27.8 Å². The Balaban J connectivity index is 1.63. The van der Waals surface area contributed by atoms with E-state index < -0.39 is 238 Å². The van der Waals surface area contributed by atoms with Gasteiger partial charge in [0.05, 0.1) is 19.3 Å². The van der Waals surface area contributed by atoms with E-state index in [2.05, 4.69) is 21.5 Å². The summed E-state index contributed by atoms with van der Waals surface area (Å²) < 4.78 is 203. The SMILES string of the molecule is CC(=O)N[C@H]1[C@H](O[C@H]2[C@H](OS(=O)(=O)O)[C@@H](O)[C@H](O[C@@H]3[C@@H](NC(C)=O)[C@H](O[C@H]4[C@H](O)[C@@H](O)[C@H]([O-])O[C@@H]4C(=O)O)O[C@H](CO)[C@@H]3OS(=O)(=O)O)O[C@@H]2C(=O)O)O[C@H](CO)[C@H](OS(=O)(=O)O)[C@@H]1O[C@@H]1O[C@H](C(=O)O)[C@@H](O)[C@H](OS(=O)(=O)O)[C@H]1O. The minimum atomic E-state index is -6.12. The van der Waals surface area contributed by atoms with Gasteiger partial charge in [0.1, 0.15) is 97.5 Å². The minimum absolute atomic E-state index is 0.643. The number of aliphatic carboxylic acids is 3. The Morgan fingerprint density at radius 3 is 1.12 bits per heavy atom. The molecule has 81 heavy (non-hydrogen) atoms. The van der Waals surface area contributed by atoms with Crippen molar-refractivity contribution >= 4 is 71.3 Å². The van der Waals surface area contributed by atoms with Crippen molar-refractivity contribution in [1.82, 2.24) is 10.6 Å². The summed E-state index contributed by atoms with van der Waals surface area (Å²) in [5.41, 5.74) is 0. The lowest BCUT2D eigenvalue weighted by Gasteiger charge is -2.51. The Morgan fingerprint density at radius 2 is 0.753 bits per heavy atom. The summed E-state index contributed by atoms with van der Waals surface area (Å²) in [6.45, 7) is -1.74. The van der Waals surface area contributed by atoms with Crippen LogP contribution in [0.5, 0.6) is 0 Å². The van der Waals surface area contributed by atoms with Gasteiger partial charge in [-0.2, -0.15) is 33.7 Å². The van der Waals surface area contributed by atoms with Gasteiger partial charge in [0.15, 0.2) is 43.5 Å². The number of amides is 2. The maximum absolute atomic E-state index is 13.2. The van der Waals surface area contributed by atoms with E-state index in [1.54, 1.807) is 0 Å². The van der Waals surface area contributed by atoms with Crippen LogP contribution >= 0.6 is 0 Å². The van der Waals surface area contributed by atoms with Crippen molar-refractivity contribution < 1.29 is 191 Å². The number of rotatable bonds is 23. The summed E-state index contributed by atoms with van der Waals surface area (Å²) in [5.74, 6) is -9.23. The third-order valence-corrected chi connectivity index (χ3v) is 13.7. The van der Waals surface area contributed by atoms with E-state index >= 15 is 0 Å². The fourth-order valence-electron chi connectivity index (χ4n) is 8.69. The Hall–Kier alpha value is -3.85. The van der Waals surface area contributed by atoms with Crippen LogP contribution in [0, 0.1) is 0 Å². The zero-order chi connectivity index (χ0) is 61.3. The maximum Gasteiger partial charge on any atom is 0.397 e. The van der Waals surface area contributed by atoms with E-state index in [1.165, 1.54) is 0 Å². The number of nitrogens with one attached hydrogen (secondary N) is 2. The summed E-state index contributed by atoms with van der Waals surface area (Å²) in [4.78, 5) is 63.0. The Morgan fingerprint density at radius 1 is 0.420 bits per heavy atom. The fourth-order valence-corrected chi connectivity index (χ4v) is 10.7. The van der Waals surface area contributed by atoms with Crippen LogP contribution in [0.15, 0.2) is 0 Å². The standard InChI is InChI=1S/C34H51N2O41S4/c1-5(39)35-9-18(16(74-78(53,54)55)7(3-37)65-31(9)70-21-11(41)12(42)30(52)67-25(21)28(48)49)69-34-15(45)22(77-81(62,63)64)24(26(73-34)29(50)51)72-32-10(36-6(2)40)19(17(8(4-38)66-32)75-79(56,57)58)68-33-14(44)20(76-80(59,60)61)13(43)23(71-33)27(46)47/h7-26,30-34,37-38,41-45H,3-4H2,1-2H3,(H,35,39)(H,36,40)(H,46,47)(H,48,49)(H,50,51)(H,53,54,55)(H,56,57,58)(H,59,60,61)(H,62,63,64)/q-1/t7-,8-,9-,10-,11-,12-,13+,14-,15-,16+,17+,18-,19-,20+,21+,22-,23+,24+,25+,26+,30-,31+,32+,33-,34-/m1/s1. The molecule has 2 amide bonds. The average Bonchev–Trinajstić information content (AvgIpc) is 3.54. The van der Waals surface area contributed by atoms with Crippen molar-refractivity contribution in [3.8, 4) is 0 Å². The molecule has 5 aliphatic rings. The van der Waals surface area contributed by atoms with E-state index in [0.29, 0.717) is 13.8 Å². The van der Waals surface area contributed by atoms with Crippen molar-refractivity contribution in [2.24, 2.45) is 0 Å². The number of ether oxygens (including phenoxy) is 9. The third kappa shape index (κ3) is 17.2. The zero-order valence-electron chi connectivity index (χ0n) is 40.3. The lowest BCUT2D eigenvalue weighted by atomic mass is 9.93. The number of carbonyl (C=O) groups is 5. The van der Waals surface area contributed by atoms with Crippen molar-refractivity contribution in [2.75, 3.05) is 13.2 Å². The quantitative estimate of drug-likeness (QED) is 0.0423. The first-order chi connectivity index (χ1) is 37.2. The second-order valence-corrected chi connectivity index (χ2v) is 21.7. The molecule has 468 valence electrons. The molecule has 5 aliphatic heterocycles. The largest absolute Gasteiger partial charge is 0.829 e. The highest BCUT2D eigenvalue weighted by Crippen LogP contribution is 2.39. The van der Waals surface area contributed by atoms with Crippen molar-refractivity contribution in [3.05, 3.63) is 0 Å². The number of carbonyl (C=O) groups excluding carboxylic acids is 2. The molecule has 0 radical (unpaired) electrons. The molecule has 5 rings (SSSR count). The Kier molecular flexibility index (Phi) is 22.3. The highest BCUT2D eigenvalue weighted by molar-refractivity contribution is 7.81. The Labute approximate surface area is 452 Å². The highest BCUT2D eigenvalue weighted by Gasteiger charge is 2.61. The second kappa shape index (κ2) is 26.6. The molecular weight excluding hydrogens is 1220 g/mol. The predicted octanol–water partition coefficient (Wildman–Crippen LogP) is -12.7. The molecule has 16 N–H and O–H groups in total. The molecule has 0 spiro atoms. The normalized spacial score (nSPS) is 40.9. The Bertz CT molecular complexity index is 2720. The van der Waals surface area contributed by atoms with Gasteiger partial charge < -0.3 is 109 Å². The third-order valence-electron chi connectivity index (χ3n) is 11.8. The van der Waals surface area contributed by atoms with Gasteiger partial charge in [0.25, 0.3) is 0 Å². The van der Waals surface area contributed by atoms with Crippen LogP contribution in [0.25, 0.3) is 0 Å². The molecule has 0 aromatic carbocycles. The molecule has 0 aromatic heterocycles. The van der Waals surface area contributed by atoms with Gasteiger partial charge >= 0.3 is 59.5 Å². The fraction of sp³-hybridized carbons (Fsp3) is 0.853. The topological polar surface area (TPSA) is 672 Å². The molecule has 43 nitrogen and oxygen atoms in total. The summed E-state index contributed by atoms with van der Waals surface area (Å²) in [6, 6.07) is -4.94. The molecule has 5 saturated heterocycles. The van der Waals surface area contributed by atoms with E-state index in [-0.39, 0.29) is 0 Å². The first-order valence-electron chi connectivity index (χ1n) is 22.2. The summed E-state index contributed by atoms with van der Waals surface area (Å²) >= 11 is 0. The number of carboxylic acid groups (broad SMARTS) is 3. The van der Waals surface area contributed by atoms with Crippen LogP contribution < -0.4 is 15.7 Å². The highest BCUT2D eigenvalue weighted by atomic mass is 32.3. The monoisotopic (exact) mass is 1270 g/mol. The van der Waals surface area contributed by atoms with Crippen LogP contribution in [0.2, 0.25) is 0 Å². The molecule has 0 unspecified atom stereocenters. The molecule has 25 atom stereocenters.